The Morgan fingerprint density at radius 1 is 0.848 bits per heavy atom. The first-order chi connectivity index (χ1) is 16.3. The smallest absolute Gasteiger partial charge is 0.171 e. The molecular formula is C26H21N7. The van der Waals surface area contributed by atoms with E-state index in [0.29, 0.717) is 17.9 Å². The summed E-state index contributed by atoms with van der Waals surface area (Å²) in [6, 6.07) is 24.8. The van der Waals surface area contributed by atoms with Crippen molar-refractivity contribution in [1.29, 1.82) is 0 Å². The van der Waals surface area contributed by atoms with Crippen molar-refractivity contribution in [3.63, 3.8) is 0 Å². The topological polar surface area (TPSA) is 80.6 Å². The van der Waals surface area contributed by atoms with Gasteiger partial charge in [0.15, 0.2) is 17.0 Å². The summed E-state index contributed by atoms with van der Waals surface area (Å²) in [5, 5.41) is 3.44. The van der Waals surface area contributed by atoms with E-state index in [9.17, 15) is 0 Å². The second-order valence-electron chi connectivity index (χ2n) is 7.90. The third-order valence-corrected chi connectivity index (χ3v) is 5.77. The second-order valence-corrected chi connectivity index (χ2v) is 7.90. The molecule has 0 radical (unpaired) electrons. The zero-order valence-electron chi connectivity index (χ0n) is 18.0. The van der Waals surface area contributed by atoms with E-state index in [0.717, 1.165) is 39.0 Å². The number of para-hydroxylation sites is 1. The maximum Gasteiger partial charge on any atom is 0.171 e. The van der Waals surface area contributed by atoms with Crippen LogP contribution in [0.15, 0.2) is 85.3 Å². The SMILES string of the molecule is Cc1nc2c(NNCc3cnc4ccccc4c3)ncnc2n1-c1cccc2ccccc12. The van der Waals surface area contributed by atoms with Crippen molar-refractivity contribution in [1.82, 2.24) is 29.9 Å². The molecule has 0 unspecified atom stereocenters. The molecule has 0 aliphatic heterocycles. The largest absolute Gasteiger partial charge is 0.303 e. The molecule has 160 valence electrons. The van der Waals surface area contributed by atoms with E-state index >= 15 is 0 Å². The number of pyridine rings is 1. The number of aryl methyl sites for hydroxylation is 1. The fourth-order valence-electron chi connectivity index (χ4n) is 4.23. The van der Waals surface area contributed by atoms with E-state index in [1.165, 1.54) is 5.39 Å². The minimum Gasteiger partial charge on any atom is -0.303 e. The number of fused-ring (bicyclic) bond motifs is 3. The van der Waals surface area contributed by atoms with Gasteiger partial charge in [0, 0.05) is 23.5 Å². The van der Waals surface area contributed by atoms with Crippen LogP contribution in [0.2, 0.25) is 0 Å². The molecule has 0 saturated carbocycles. The van der Waals surface area contributed by atoms with Gasteiger partial charge in [0.2, 0.25) is 0 Å². The molecule has 0 aliphatic carbocycles. The number of hydrazine groups is 1. The van der Waals surface area contributed by atoms with Gasteiger partial charge in [0.25, 0.3) is 0 Å². The lowest BCUT2D eigenvalue weighted by Gasteiger charge is -2.11. The first-order valence-corrected chi connectivity index (χ1v) is 10.8. The standard InChI is InChI=1S/C26H21N7/c1-17-31-24-25(32-30-15-18-13-20-8-3-5-11-22(20)27-14-18)28-16-29-26(24)33(17)23-12-6-9-19-7-2-4-10-21(19)23/h2-14,16,30H,15H2,1H3,(H,28,29,32). The predicted octanol–water partition coefficient (Wildman–Crippen LogP) is 4.94. The number of aromatic nitrogens is 5. The van der Waals surface area contributed by atoms with Gasteiger partial charge in [-0.3, -0.25) is 9.55 Å². The monoisotopic (exact) mass is 431 g/mol. The van der Waals surface area contributed by atoms with Gasteiger partial charge in [-0.1, -0.05) is 54.6 Å². The molecule has 6 aromatic rings. The molecular weight excluding hydrogens is 410 g/mol. The van der Waals surface area contributed by atoms with E-state index in [4.69, 9.17) is 4.98 Å². The first-order valence-electron chi connectivity index (χ1n) is 10.8. The molecule has 0 amide bonds. The second kappa shape index (κ2) is 7.96. The average molecular weight is 432 g/mol. The van der Waals surface area contributed by atoms with Crippen LogP contribution in [-0.4, -0.2) is 24.5 Å². The van der Waals surface area contributed by atoms with Crippen molar-refractivity contribution in [2.45, 2.75) is 13.5 Å². The van der Waals surface area contributed by atoms with Gasteiger partial charge in [0.05, 0.1) is 11.2 Å². The summed E-state index contributed by atoms with van der Waals surface area (Å²) in [5.74, 6) is 1.49. The fraction of sp³-hybridized carbons (Fsp3) is 0.0769. The maximum atomic E-state index is 4.79. The Bertz CT molecular complexity index is 1610. The van der Waals surface area contributed by atoms with Gasteiger partial charge in [-0.25, -0.2) is 20.4 Å². The number of hydrogen-bond donors (Lipinski definition) is 2. The lowest BCUT2D eigenvalue weighted by atomic mass is 10.1. The van der Waals surface area contributed by atoms with Gasteiger partial charge in [-0.05, 0) is 36.1 Å². The highest BCUT2D eigenvalue weighted by Crippen LogP contribution is 2.28. The number of hydrogen-bond acceptors (Lipinski definition) is 6. The zero-order valence-corrected chi connectivity index (χ0v) is 18.0. The van der Waals surface area contributed by atoms with Gasteiger partial charge in [-0.2, -0.15) is 0 Å². The van der Waals surface area contributed by atoms with Crippen molar-refractivity contribution in [2.24, 2.45) is 0 Å². The van der Waals surface area contributed by atoms with Crippen LogP contribution >= 0.6 is 0 Å². The predicted molar refractivity (Wildman–Crippen MR) is 131 cm³/mol. The minimum atomic E-state index is 0.590. The van der Waals surface area contributed by atoms with Crippen LogP contribution in [0.3, 0.4) is 0 Å². The van der Waals surface area contributed by atoms with E-state index in [1.807, 2.05) is 43.5 Å². The van der Waals surface area contributed by atoms with Crippen LogP contribution in [0.25, 0.3) is 38.5 Å². The summed E-state index contributed by atoms with van der Waals surface area (Å²) < 4.78 is 2.08. The van der Waals surface area contributed by atoms with Crippen molar-refractivity contribution in [3.8, 4) is 5.69 Å². The summed E-state index contributed by atoms with van der Waals surface area (Å²) in [4.78, 5) is 18.3. The molecule has 3 aromatic carbocycles. The van der Waals surface area contributed by atoms with Crippen molar-refractivity contribution < 1.29 is 0 Å². The van der Waals surface area contributed by atoms with E-state index in [-0.39, 0.29) is 0 Å². The number of nitrogens with zero attached hydrogens (tertiary/aromatic N) is 5. The Morgan fingerprint density at radius 2 is 1.67 bits per heavy atom. The van der Waals surface area contributed by atoms with Crippen molar-refractivity contribution in [2.75, 3.05) is 5.43 Å². The third-order valence-electron chi connectivity index (χ3n) is 5.77. The third kappa shape index (κ3) is 3.44. The van der Waals surface area contributed by atoms with E-state index < -0.39 is 0 Å². The zero-order chi connectivity index (χ0) is 22.2. The molecule has 3 heterocycles. The maximum absolute atomic E-state index is 4.79. The summed E-state index contributed by atoms with van der Waals surface area (Å²) in [7, 11) is 0. The highest BCUT2D eigenvalue weighted by Gasteiger charge is 2.16. The molecule has 7 nitrogen and oxygen atoms in total. The summed E-state index contributed by atoms with van der Waals surface area (Å²) in [5.41, 5.74) is 11.0. The van der Waals surface area contributed by atoms with Crippen LogP contribution in [0, 0.1) is 6.92 Å². The molecule has 6 rings (SSSR count). The highest BCUT2D eigenvalue weighted by molar-refractivity contribution is 5.93. The highest BCUT2D eigenvalue weighted by atomic mass is 15.4. The summed E-state index contributed by atoms with van der Waals surface area (Å²) in [6.07, 6.45) is 3.44. The molecule has 7 heteroatoms. The van der Waals surface area contributed by atoms with E-state index in [1.54, 1.807) is 6.33 Å². The quantitative estimate of drug-likeness (QED) is 0.376. The first kappa shape index (κ1) is 19.3. The molecule has 0 aliphatic rings. The van der Waals surface area contributed by atoms with E-state index in [2.05, 4.69) is 72.8 Å². The lowest BCUT2D eigenvalue weighted by Crippen LogP contribution is -2.22. The van der Waals surface area contributed by atoms with Crippen LogP contribution in [-0.2, 0) is 6.54 Å². The van der Waals surface area contributed by atoms with Gasteiger partial charge in [0.1, 0.15) is 12.2 Å². The number of anilines is 1. The van der Waals surface area contributed by atoms with Crippen LogP contribution in [0.4, 0.5) is 5.82 Å². The van der Waals surface area contributed by atoms with Gasteiger partial charge >= 0.3 is 0 Å². The Morgan fingerprint density at radius 3 is 2.61 bits per heavy atom. The fourth-order valence-corrected chi connectivity index (χ4v) is 4.23. The molecule has 0 saturated heterocycles. The molecule has 33 heavy (non-hydrogen) atoms. The summed E-state index contributed by atoms with van der Waals surface area (Å²) in [6.45, 7) is 2.58. The van der Waals surface area contributed by atoms with Gasteiger partial charge < -0.3 is 5.43 Å². The molecule has 3 aromatic heterocycles. The molecule has 2 N–H and O–H groups in total. The minimum absolute atomic E-state index is 0.590. The average Bonchev–Trinajstić information content (AvgIpc) is 3.20. The Balaban J connectivity index is 1.32. The number of imidazole rings is 1. The number of nitrogens with one attached hydrogen (secondary N) is 2. The lowest BCUT2D eigenvalue weighted by molar-refractivity contribution is 0.793. The van der Waals surface area contributed by atoms with Crippen molar-refractivity contribution in [3.05, 3.63) is 96.7 Å². The Labute approximate surface area is 190 Å². The van der Waals surface area contributed by atoms with Gasteiger partial charge in [-0.15, -0.1) is 0 Å². The Hall–Kier alpha value is -4.36. The molecule has 0 bridgehead atoms. The number of rotatable bonds is 5. The molecule has 0 fully saturated rings. The normalized spacial score (nSPS) is 11.4. The molecule has 0 atom stereocenters. The van der Waals surface area contributed by atoms with Crippen LogP contribution in [0.5, 0.6) is 0 Å². The number of benzene rings is 3. The molecule has 0 spiro atoms. The van der Waals surface area contributed by atoms with Crippen LogP contribution in [0.1, 0.15) is 11.4 Å². The summed E-state index contributed by atoms with van der Waals surface area (Å²) >= 11 is 0. The van der Waals surface area contributed by atoms with Crippen LogP contribution < -0.4 is 10.9 Å². The Kier molecular flexibility index (Phi) is 4.66. The van der Waals surface area contributed by atoms with Crippen molar-refractivity contribution >= 4 is 38.7 Å².